The molecule has 168 valence electrons. The molecule has 0 aliphatic heterocycles. The zero-order chi connectivity index (χ0) is 23.8. The van der Waals surface area contributed by atoms with Crippen LogP contribution in [0.5, 0.6) is 0 Å². The minimum atomic E-state index is -0.321. The Morgan fingerprint density at radius 3 is 2.09 bits per heavy atom. The third-order valence-corrected chi connectivity index (χ3v) is 7.08. The van der Waals surface area contributed by atoms with Gasteiger partial charge in [0.2, 0.25) is 0 Å². The summed E-state index contributed by atoms with van der Waals surface area (Å²) in [6, 6.07) is 19.9. The van der Waals surface area contributed by atoms with Gasteiger partial charge in [-0.2, -0.15) is 0 Å². The van der Waals surface area contributed by atoms with Gasteiger partial charge in [0.05, 0.1) is 5.02 Å². The fourth-order valence-electron chi connectivity index (χ4n) is 3.37. The number of amides is 2. The molecular weight excluding hydrogens is 475 g/mol. The second-order valence-electron chi connectivity index (χ2n) is 8.70. The largest absolute Gasteiger partial charge is 0.322 e. The van der Waals surface area contributed by atoms with E-state index in [1.165, 1.54) is 11.3 Å². The quantitative estimate of drug-likeness (QED) is 0.300. The van der Waals surface area contributed by atoms with E-state index < -0.39 is 0 Å². The molecule has 7 heteroatoms. The highest BCUT2D eigenvalue weighted by atomic mass is 35.5. The summed E-state index contributed by atoms with van der Waals surface area (Å²) in [6.07, 6.45) is 0. The van der Waals surface area contributed by atoms with Crippen molar-refractivity contribution < 1.29 is 9.59 Å². The zero-order valence-corrected chi connectivity index (χ0v) is 20.7. The number of hydrogen-bond acceptors (Lipinski definition) is 3. The molecule has 0 aliphatic rings. The molecule has 1 aromatic heterocycles. The second kappa shape index (κ2) is 9.18. The topological polar surface area (TPSA) is 58.2 Å². The number of nitrogens with one attached hydrogen (secondary N) is 2. The first-order valence-electron chi connectivity index (χ1n) is 10.3. The number of carbonyl (C=O) groups is 2. The molecule has 0 aliphatic carbocycles. The third-order valence-electron chi connectivity index (χ3n) is 5.19. The average molecular weight is 497 g/mol. The summed E-state index contributed by atoms with van der Waals surface area (Å²) in [7, 11) is 0. The predicted octanol–water partition coefficient (Wildman–Crippen LogP) is 8.01. The van der Waals surface area contributed by atoms with Gasteiger partial charge in [-0.3, -0.25) is 9.59 Å². The first-order chi connectivity index (χ1) is 15.6. The summed E-state index contributed by atoms with van der Waals surface area (Å²) in [5, 5.41) is 7.50. The van der Waals surface area contributed by atoms with Crippen LogP contribution in [0.4, 0.5) is 11.4 Å². The molecule has 0 radical (unpaired) electrons. The van der Waals surface area contributed by atoms with Crippen molar-refractivity contribution in [3.63, 3.8) is 0 Å². The molecule has 0 saturated heterocycles. The van der Waals surface area contributed by atoms with E-state index in [0.717, 1.165) is 15.6 Å². The molecule has 33 heavy (non-hydrogen) atoms. The van der Waals surface area contributed by atoms with Crippen LogP contribution in [0, 0.1) is 0 Å². The van der Waals surface area contributed by atoms with Crippen LogP contribution in [0.2, 0.25) is 10.0 Å². The van der Waals surface area contributed by atoms with Crippen LogP contribution < -0.4 is 10.6 Å². The molecule has 0 atom stereocenters. The SMILES string of the molecule is CC(C)(C)c1ccc(C(=O)Nc2cccc(NC(=O)c3sc4cc(Cl)ccc4c3Cl)c2)cc1. The number of thiophene rings is 1. The van der Waals surface area contributed by atoms with E-state index in [0.29, 0.717) is 31.9 Å². The second-order valence-corrected chi connectivity index (χ2v) is 10.6. The maximum Gasteiger partial charge on any atom is 0.267 e. The maximum atomic E-state index is 12.9. The Hall–Kier alpha value is -2.86. The summed E-state index contributed by atoms with van der Waals surface area (Å²) in [5.41, 5.74) is 2.86. The van der Waals surface area contributed by atoms with Crippen LogP contribution >= 0.6 is 34.5 Å². The van der Waals surface area contributed by atoms with Crippen molar-refractivity contribution in [3.05, 3.63) is 92.8 Å². The van der Waals surface area contributed by atoms with E-state index >= 15 is 0 Å². The van der Waals surface area contributed by atoms with Crippen LogP contribution in [0.3, 0.4) is 0 Å². The van der Waals surface area contributed by atoms with E-state index in [2.05, 4.69) is 31.4 Å². The van der Waals surface area contributed by atoms with Gasteiger partial charge in [0, 0.05) is 32.0 Å². The Balaban J connectivity index is 1.48. The summed E-state index contributed by atoms with van der Waals surface area (Å²) < 4.78 is 0.844. The van der Waals surface area contributed by atoms with Crippen molar-refractivity contribution in [1.29, 1.82) is 0 Å². The lowest BCUT2D eigenvalue weighted by atomic mass is 9.87. The molecule has 2 amide bonds. The van der Waals surface area contributed by atoms with Crippen LogP contribution in [0.15, 0.2) is 66.7 Å². The Morgan fingerprint density at radius 1 is 0.818 bits per heavy atom. The molecule has 4 aromatic rings. The number of anilines is 2. The highest BCUT2D eigenvalue weighted by Gasteiger charge is 2.18. The minimum absolute atomic E-state index is 0.0190. The van der Waals surface area contributed by atoms with Crippen molar-refractivity contribution >= 4 is 67.8 Å². The summed E-state index contributed by atoms with van der Waals surface area (Å²) >= 11 is 13.8. The van der Waals surface area contributed by atoms with Gasteiger partial charge >= 0.3 is 0 Å². The molecule has 0 fully saturated rings. The van der Waals surface area contributed by atoms with E-state index in [9.17, 15) is 9.59 Å². The molecule has 1 heterocycles. The molecule has 0 bridgehead atoms. The van der Waals surface area contributed by atoms with Crippen LogP contribution in [0.25, 0.3) is 10.1 Å². The lowest BCUT2D eigenvalue weighted by Crippen LogP contribution is -2.15. The van der Waals surface area contributed by atoms with Crippen molar-refractivity contribution in [1.82, 2.24) is 0 Å². The van der Waals surface area contributed by atoms with Gasteiger partial charge in [0.1, 0.15) is 4.88 Å². The van der Waals surface area contributed by atoms with Crippen LogP contribution in [0.1, 0.15) is 46.4 Å². The Bertz CT molecular complexity index is 1360. The Labute approximate surface area is 206 Å². The number of halogens is 2. The Morgan fingerprint density at radius 2 is 1.45 bits per heavy atom. The maximum absolute atomic E-state index is 12.9. The number of hydrogen-bond donors (Lipinski definition) is 2. The molecule has 2 N–H and O–H groups in total. The zero-order valence-electron chi connectivity index (χ0n) is 18.3. The number of benzene rings is 3. The fraction of sp³-hybridized carbons (Fsp3) is 0.154. The molecule has 0 unspecified atom stereocenters. The molecule has 4 rings (SSSR count). The standard InChI is InChI=1S/C26H22Cl2N2O2S/c1-26(2,3)16-9-7-15(8-10-16)24(31)29-18-5-4-6-19(14-18)30-25(32)23-22(28)20-12-11-17(27)13-21(20)33-23/h4-14H,1-3H3,(H,29,31)(H,30,32). The van der Waals surface area contributed by atoms with Crippen LogP contribution in [-0.2, 0) is 5.41 Å². The van der Waals surface area contributed by atoms with Gasteiger partial charge in [-0.05, 0) is 53.4 Å². The lowest BCUT2D eigenvalue weighted by Gasteiger charge is -2.19. The summed E-state index contributed by atoms with van der Waals surface area (Å²) in [5.74, 6) is -0.540. The number of fused-ring (bicyclic) bond motifs is 1. The lowest BCUT2D eigenvalue weighted by molar-refractivity contribution is 0.102. The first kappa shape index (κ1) is 23.3. The van der Waals surface area contributed by atoms with Gasteiger partial charge in [-0.1, -0.05) is 68.2 Å². The normalized spacial score (nSPS) is 11.4. The minimum Gasteiger partial charge on any atom is -0.322 e. The first-order valence-corrected chi connectivity index (χ1v) is 11.9. The summed E-state index contributed by atoms with van der Waals surface area (Å²) in [6.45, 7) is 6.38. The fourth-order valence-corrected chi connectivity index (χ4v) is 5.06. The smallest absolute Gasteiger partial charge is 0.267 e. The average Bonchev–Trinajstić information content (AvgIpc) is 3.09. The van der Waals surface area contributed by atoms with Crippen molar-refractivity contribution in [2.75, 3.05) is 10.6 Å². The van der Waals surface area contributed by atoms with Gasteiger partial charge in [0.25, 0.3) is 11.8 Å². The highest BCUT2D eigenvalue weighted by molar-refractivity contribution is 7.21. The monoisotopic (exact) mass is 496 g/mol. The van der Waals surface area contributed by atoms with Crippen molar-refractivity contribution in [3.8, 4) is 0 Å². The molecule has 3 aromatic carbocycles. The van der Waals surface area contributed by atoms with E-state index in [1.54, 1.807) is 42.5 Å². The van der Waals surface area contributed by atoms with E-state index in [1.807, 2.05) is 24.3 Å². The molecule has 0 spiro atoms. The molecule has 4 nitrogen and oxygen atoms in total. The predicted molar refractivity (Wildman–Crippen MR) is 139 cm³/mol. The van der Waals surface area contributed by atoms with Gasteiger partial charge in [0.15, 0.2) is 0 Å². The third kappa shape index (κ3) is 5.22. The van der Waals surface area contributed by atoms with Gasteiger partial charge in [-0.15, -0.1) is 11.3 Å². The van der Waals surface area contributed by atoms with Crippen LogP contribution in [-0.4, -0.2) is 11.8 Å². The van der Waals surface area contributed by atoms with E-state index in [-0.39, 0.29) is 17.2 Å². The molecular formula is C26H22Cl2N2O2S. The van der Waals surface area contributed by atoms with E-state index in [4.69, 9.17) is 23.2 Å². The van der Waals surface area contributed by atoms with Crippen molar-refractivity contribution in [2.24, 2.45) is 0 Å². The van der Waals surface area contributed by atoms with Gasteiger partial charge < -0.3 is 10.6 Å². The molecule has 0 saturated carbocycles. The summed E-state index contributed by atoms with van der Waals surface area (Å²) in [4.78, 5) is 25.9. The Kier molecular flexibility index (Phi) is 6.48. The van der Waals surface area contributed by atoms with Crippen molar-refractivity contribution in [2.45, 2.75) is 26.2 Å². The highest BCUT2D eigenvalue weighted by Crippen LogP contribution is 2.37. The number of rotatable bonds is 4. The number of carbonyl (C=O) groups excluding carboxylic acids is 2. The van der Waals surface area contributed by atoms with Gasteiger partial charge in [-0.25, -0.2) is 0 Å².